The standard InChI is InChI=1S/C13H20Cl2N2/c14-10-5-1-3-7-12(10)16-9-17-13-8-4-2-6-11(13)15/h10-13H,1-8H2. The van der Waals surface area contributed by atoms with Gasteiger partial charge in [0.2, 0.25) is 0 Å². The second kappa shape index (κ2) is 6.78. The summed E-state index contributed by atoms with van der Waals surface area (Å²) in [5.41, 5.74) is 0. The van der Waals surface area contributed by atoms with Crippen LogP contribution in [0.15, 0.2) is 9.98 Å². The summed E-state index contributed by atoms with van der Waals surface area (Å²) in [4.78, 5) is 8.77. The molecule has 0 aliphatic heterocycles. The van der Waals surface area contributed by atoms with Crippen LogP contribution in [0.4, 0.5) is 0 Å². The van der Waals surface area contributed by atoms with E-state index in [-0.39, 0.29) is 22.8 Å². The number of hydrogen-bond acceptors (Lipinski definition) is 2. The molecule has 0 amide bonds. The van der Waals surface area contributed by atoms with Crippen LogP contribution in [0.3, 0.4) is 0 Å². The van der Waals surface area contributed by atoms with Crippen molar-refractivity contribution in [2.45, 2.75) is 74.2 Å². The van der Waals surface area contributed by atoms with E-state index in [9.17, 15) is 0 Å². The predicted octanol–water partition coefficient (Wildman–Crippen LogP) is 4.26. The molecule has 0 radical (unpaired) electrons. The highest BCUT2D eigenvalue weighted by molar-refractivity contribution is 6.21. The highest BCUT2D eigenvalue weighted by Gasteiger charge is 2.23. The van der Waals surface area contributed by atoms with Gasteiger partial charge >= 0.3 is 0 Å². The Morgan fingerprint density at radius 3 is 1.53 bits per heavy atom. The highest BCUT2D eigenvalue weighted by Crippen LogP contribution is 2.26. The SMILES string of the molecule is ClC1CCCCC1N=C=NC1CCCCC1Cl. The molecule has 2 aliphatic carbocycles. The molecule has 96 valence electrons. The molecule has 2 aliphatic rings. The summed E-state index contributed by atoms with van der Waals surface area (Å²) in [6, 6.07) is 3.30. The van der Waals surface area contributed by atoms with E-state index < -0.39 is 0 Å². The minimum Gasteiger partial charge on any atom is -0.221 e. The van der Waals surface area contributed by atoms with Gasteiger partial charge in [0.25, 0.3) is 0 Å². The lowest BCUT2D eigenvalue weighted by Gasteiger charge is -2.23. The Morgan fingerprint density at radius 2 is 1.12 bits per heavy atom. The molecule has 4 heteroatoms. The van der Waals surface area contributed by atoms with Gasteiger partial charge in [-0.15, -0.1) is 23.2 Å². The van der Waals surface area contributed by atoms with Crippen molar-refractivity contribution in [3.8, 4) is 0 Å². The lowest BCUT2D eigenvalue weighted by Crippen LogP contribution is -2.24. The lowest BCUT2D eigenvalue weighted by molar-refractivity contribution is 0.445. The third kappa shape index (κ3) is 3.98. The molecule has 2 saturated carbocycles. The molecule has 0 saturated heterocycles. The Hall–Kier alpha value is -0.0400. The van der Waals surface area contributed by atoms with Crippen LogP contribution in [0.5, 0.6) is 0 Å². The van der Waals surface area contributed by atoms with Crippen LogP contribution < -0.4 is 0 Å². The lowest BCUT2D eigenvalue weighted by atomic mass is 9.95. The molecule has 2 fully saturated rings. The number of hydrogen-bond donors (Lipinski definition) is 0. The van der Waals surface area contributed by atoms with Gasteiger partial charge in [-0.1, -0.05) is 25.7 Å². The van der Waals surface area contributed by atoms with Crippen molar-refractivity contribution >= 4 is 29.2 Å². The summed E-state index contributed by atoms with van der Waals surface area (Å²) in [5, 5.41) is 0.342. The molecule has 2 nitrogen and oxygen atoms in total. The first-order valence-electron chi connectivity index (χ1n) is 6.70. The van der Waals surface area contributed by atoms with Gasteiger partial charge in [0.1, 0.15) is 0 Å². The van der Waals surface area contributed by atoms with Gasteiger partial charge in [0.15, 0.2) is 0 Å². The third-order valence-electron chi connectivity index (χ3n) is 3.74. The van der Waals surface area contributed by atoms with E-state index in [0.717, 1.165) is 25.7 Å². The Morgan fingerprint density at radius 1 is 0.706 bits per heavy atom. The van der Waals surface area contributed by atoms with Crippen molar-refractivity contribution in [2.75, 3.05) is 0 Å². The summed E-state index contributed by atoms with van der Waals surface area (Å²) in [6.07, 6.45) is 9.18. The summed E-state index contributed by atoms with van der Waals surface area (Å²) in [5.74, 6) is 0. The maximum absolute atomic E-state index is 6.23. The quantitative estimate of drug-likeness (QED) is 0.531. The third-order valence-corrected chi connectivity index (χ3v) is 4.76. The first-order chi connectivity index (χ1) is 8.27. The average Bonchev–Trinajstić information content (AvgIpc) is 2.34. The molecule has 4 unspecified atom stereocenters. The van der Waals surface area contributed by atoms with Gasteiger partial charge in [-0.2, -0.15) is 0 Å². The van der Waals surface area contributed by atoms with E-state index in [1.54, 1.807) is 0 Å². The molecule has 0 N–H and O–H groups in total. The van der Waals surface area contributed by atoms with Gasteiger partial charge in [0.05, 0.1) is 28.8 Å². The van der Waals surface area contributed by atoms with Gasteiger partial charge in [-0.05, 0) is 25.7 Å². The van der Waals surface area contributed by atoms with Gasteiger partial charge in [-0.3, -0.25) is 0 Å². The Balaban J connectivity index is 1.89. The normalized spacial score (nSPS) is 38.2. The maximum Gasteiger partial charge on any atom is 0.0899 e. The minimum absolute atomic E-state index is 0.171. The number of halogens is 2. The average molecular weight is 275 g/mol. The highest BCUT2D eigenvalue weighted by atomic mass is 35.5. The minimum atomic E-state index is 0.171. The molecular weight excluding hydrogens is 255 g/mol. The van der Waals surface area contributed by atoms with Crippen molar-refractivity contribution < 1.29 is 0 Å². The summed E-state index contributed by atoms with van der Waals surface area (Å²) < 4.78 is 0. The first-order valence-corrected chi connectivity index (χ1v) is 7.57. The number of nitrogens with zero attached hydrogens (tertiary/aromatic N) is 2. The van der Waals surface area contributed by atoms with E-state index in [1.807, 2.05) is 0 Å². The van der Waals surface area contributed by atoms with Gasteiger partial charge in [-0.25, -0.2) is 9.98 Å². The zero-order chi connectivity index (χ0) is 12.1. The zero-order valence-corrected chi connectivity index (χ0v) is 11.6. The molecule has 0 aromatic carbocycles. The fourth-order valence-corrected chi connectivity index (χ4v) is 3.28. The van der Waals surface area contributed by atoms with Crippen LogP contribution in [0.2, 0.25) is 0 Å². The van der Waals surface area contributed by atoms with Crippen LogP contribution >= 0.6 is 23.2 Å². The number of rotatable bonds is 2. The topological polar surface area (TPSA) is 24.7 Å². The fraction of sp³-hybridized carbons (Fsp3) is 0.923. The van der Waals surface area contributed by atoms with Crippen LogP contribution in [0.25, 0.3) is 0 Å². The molecular formula is C13H20Cl2N2. The molecule has 2 rings (SSSR count). The second-order valence-electron chi connectivity index (χ2n) is 5.09. The maximum atomic E-state index is 6.23. The van der Waals surface area contributed by atoms with Crippen molar-refractivity contribution in [3.05, 3.63) is 0 Å². The summed E-state index contributed by atoms with van der Waals surface area (Å²) >= 11 is 12.5. The van der Waals surface area contributed by atoms with E-state index in [2.05, 4.69) is 16.0 Å². The van der Waals surface area contributed by atoms with Crippen molar-refractivity contribution in [2.24, 2.45) is 9.98 Å². The largest absolute Gasteiger partial charge is 0.221 e. The Labute approximate surface area is 114 Å². The van der Waals surface area contributed by atoms with E-state index in [0.29, 0.717) is 0 Å². The molecule has 0 heterocycles. The number of alkyl halides is 2. The molecule has 0 bridgehead atoms. The number of aliphatic imine (C=N–C) groups is 2. The van der Waals surface area contributed by atoms with Gasteiger partial charge in [0, 0.05) is 0 Å². The molecule has 0 aromatic heterocycles. The van der Waals surface area contributed by atoms with E-state index >= 15 is 0 Å². The van der Waals surface area contributed by atoms with Gasteiger partial charge < -0.3 is 0 Å². The zero-order valence-electron chi connectivity index (χ0n) is 10.1. The van der Waals surface area contributed by atoms with Crippen LogP contribution in [-0.2, 0) is 0 Å². The predicted molar refractivity (Wildman–Crippen MR) is 73.7 cm³/mol. The molecule has 0 aromatic rings. The van der Waals surface area contributed by atoms with Crippen LogP contribution in [0.1, 0.15) is 51.4 Å². The van der Waals surface area contributed by atoms with Crippen LogP contribution in [0, 0.1) is 0 Å². The van der Waals surface area contributed by atoms with Crippen LogP contribution in [-0.4, -0.2) is 28.8 Å². The Kier molecular flexibility index (Phi) is 5.34. The molecule has 0 spiro atoms. The van der Waals surface area contributed by atoms with E-state index in [4.69, 9.17) is 23.2 Å². The molecule has 4 atom stereocenters. The Bertz CT molecular complexity index is 274. The fourth-order valence-electron chi connectivity index (χ4n) is 2.60. The summed E-state index contributed by atoms with van der Waals surface area (Å²) in [7, 11) is 0. The monoisotopic (exact) mass is 274 g/mol. The van der Waals surface area contributed by atoms with Crippen molar-refractivity contribution in [1.82, 2.24) is 0 Å². The summed E-state index contributed by atoms with van der Waals surface area (Å²) in [6.45, 7) is 0. The van der Waals surface area contributed by atoms with Crippen molar-refractivity contribution in [1.29, 1.82) is 0 Å². The second-order valence-corrected chi connectivity index (χ2v) is 6.21. The van der Waals surface area contributed by atoms with E-state index in [1.165, 1.54) is 25.7 Å². The smallest absolute Gasteiger partial charge is 0.0899 e. The molecule has 17 heavy (non-hydrogen) atoms. The van der Waals surface area contributed by atoms with Crippen molar-refractivity contribution in [3.63, 3.8) is 0 Å². The first kappa shape index (κ1) is 13.4.